The van der Waals surface area contributed by atoms with Crippen molar-refractivity contribution < 1.29 is 8.42 Å². The molecule has 0 aliphatic heterocycles. The molecule has 142 valence electrons. The van der Waals surface area contributed by atoms with Gasteiger partial charge in [-0.25, -0.2) is 12.4 Å². The van der Waals surface area contributed by atoms with Crippen molar-refractivity contribution in [3.8, 4) is 0 Å². The molecule has 1 fully saturated rings. The van der Waals surface area contributed by atoms with Crippen LogP contribution in [0.1, 0.15) is 56.3 Å². The van der Waals surface area contributed by atoms with Crippen molar-refractivity contribution in [3.05, 3.63) is 51.4 Å². The maximum Gasteiger partial charge on any atom is 0.269 e. The smallest absolute Gasteiger partial charge is 0.218 e. The quantitative estimate of drug-likeness (QED) is 0.346. The average Bonchev–Trinajstić information content (AvgIpc) is 3.47. The van der Waals surface area contributed by atoms with Crippen molar-refractivity contribution in [2.45, 2.75) is 56.3 Å². The van der Waals surface area contributed by atoms with Crippen molar-refractivity contribution in [1.29, 1.82) is 0 Å². The van der Waals surface area contributed by atoms with Crippen LogP contribution in [-0.2, 0) is 16.4 Å². The van der Waals surface area contributed by atoms with Gasteiger partial charge in [0.2, 0.25) is 0 Å². The van der Waals surface area contributed by atoms with Crippen LogP contribution in [0.5, 0.6) is 0 Å². The normalized spacial score (nSPS) is 14.7. The first kappa shape index (κ1) is 18.9. The minimum atomic E-state index is -3.70. The van der Waals surface area contributed by atoms with E-state index in [1.807, 2.05) is 12.1 Å². The van der Waals surface area contributed by atoms with Crippen LogP contribution in [-0.4, -0.2) is 22.6 Å². The molecule has 0 unspecified atom stereocenters. The van der Waals surface area contributed by atoms with Crippen molar-refractivity contribution in [3.63, 3.8) is 0 Å². The highest BCUT2D eigenvalue weighted by Gasteiger charge is 2.36. The summed E-state index contributed by atoms with van der Waals surface area (Å²) in [6, 6.07) is 10.6. The van der Waals surface area contributed by atoms with Crippen LogP contribution in [0.4, 0.5) is 0 Å². The second-order valence-electron chi connectivity index (χ2n) is 7.09. The van der Waals surface area contributed by atoms with Gasteiger partial charge in [0.05, 0.1) is 16.3 Å². The molecule has 1 aliphatic rings. The minimum absolute atomic E-state index is 0.285. The number of benzene rings is 1. The van der Waals surface area contributed by atoms with Gasteiger partial charge in [0.1, 0.15) is 0 Å². The lowest BCUT2D eigenvalue weighted by Gasteiger charge is -2.11. The Bertz CT molecular complexity index is 1070. The van der Waals surface area contributed by atoms with Gasteiger partial charge in [-0.2, -0.15) is 5.10 Å². The molecular weight excluding hydrogens is 473 g/mol. The topological polar surface area (TPSA) is 64.8 Å². The molecule has 0 amide bonds. The number of rotatable bonds is 7. The second-order valence-corrected chi connectivity index (χ2v) is 9.95. The molecule has 0 N–H and O–H groups in total. The van der Waals surface area contributed by atoms with Gasteiger partial charge in [0.15, 0.2) is 5.65 Å². The summed E-state index contributed by atoms with van der Waals surface area (Å²) in [5.41, 5.74) is 2.25. The molecule has 2 heterocycles. The van der Waals surface area contributed by atoms with Gasteiger partial charge < -0.3 is 0 Å². The molecule has 1 aromatic carbocycles. The molecule has 27 heavy (non-hydrogen) atoms. The Hall–Kier alpha value is -1.48. The zero-order valence-electron chi connectivity index (χ0n) is 15.2. The van der Waals surface area contributed by atoms with E-state index in [-0.39, 0.29) is 10.8 Å². The van der Waals surface area contributed by atoms with E-state index in [9.17, 15) is 8.42 Å². The van der Waals surface area contributed by atoms with Crippen LogP contribution in [0.25, 0.3) is 11.0 Å². The molecule has 0 spiro atoms. The third-order valence-corrected chi connectivity index (χ3v) is 7.83. The third-order valence-electron chi connectivity index (χ3n) is 4.98. The molecule has 0 bridgehead atoms. The Morgan fingerprint density at radius 2 is 1.89 bits per heavy atom. The van der Waals surface area contributed by atoms with Crippen LogP contribution in [0, 0.1) is 3.57 Å². The molecule has 3 aromatic rings. The van der Waals surface area contributed by atoms with Crippen molar-refractivity contribution in [2.75, 3.05) is 0 Å². The first-order valence-corrected chi connectivity index (χ1v) is 11.9. The monoisotopic (exact) mass is 495 g/mol. The Balaban J connectivity index is 1.88. The van der Waals surface area contributed by atoms with Gasteiger partial charge in [-0.15, -0.1) is 5.10 Å². The summed E-state index contributed by atoms with van der Waals surface area (Å²) >= 11 is 2.28. The molecule has 1 aliphatic carbocycles. The fourth-order valence-corrected chi connectivity index (χ4v) is 6.22. The second kappa shape index (κ2) is 7.50. The lowest BCUT2D eigenvalue weighted by atomic mass is 10.1. The fourth-order valence-electron chi connectivity index (χ4n) is 3.40. The summed E-state index contributed by atoms with van der Waals surface area (Å²) in [6.45, 7) is 2.17. The molecule has 1 saturated carbocycles. The number of halogens is 1. The number of aryl methyl sites for hydroxylation is 1. The highest BCUT2D eigenvalue weighted by molar-refractivity contribution is 14.1. The van der Waals surface area contributed by atoms with E-state index < -0.39 is 10.0 Å². The number of nitrogens with zero attached hydrogens (tertiary/aromatic N) is 3. The summed E-state index contributed by atoms with van der Waals surface area (Å²) in [7, 11) is -3.70. The van der Waals surface area contributed by atoms with Crippen LogP contribution in [0.15, 0.2) is 41.3 Å². The molecule has 2 aromatic heterocycles. The summed E-state index contributed by atoms with van der Waals surface area (Å²) < 4.78 is 29.2. The molecule has 0 saturated heterocycles. The van der Waals surface area contributed by atoms with Gasteiger partial charge >= 0.3 is 0 Å². The maximum atomic E-state index is 13.4. The number of fused-ring (bicyclic) bond motifs is 1. The van der Waals surface area contributed by atoms with Crippen LogP contribution in [0.3, 0.4) is 0 Å². The third kappa shape index (κ3) is 3.51. The van der Waals surface area contributed by atoms with Crippen molar-refractivity contribution >= 4 is 43.6 Å². The SMILES string of the molecule is CCCCCc1cc2c(I)c(C3CC3)n(S(=O)(=O)c3ccccc3)c2nn1. The van der Waals surface area contributed by atoms with E-state index in [0.29, 0.717) is 5.65 Å². The first-order valence-electron chi connectivity index (χ1n) is 9.41. The molecule has 7 heteroatoms. The van der Waals surface area contributed by atoms with E-state index in [2.05, 4.69) is 39.7 Å². The average molecular weight is 495 g/mol. The van der Waals surface area contributed by atoms with E-state index in [1.54, 1.807) is 24.3 Å². The number of hydrogen-bond acceptors (Lipinski definition) is 4. The van der Waals surface area contributed by atoms with Gasteiger partial charge in [-0.1, -0.05) is 38.0 Å². The van der Waals surface area contributed by atoms with E-state index in [4.69, 9.17) is 0 Å². The fraction of sp³-hybridized carbons (Fsp3) is 0.400. The van der Waals surface area contributed by atoms with Gasteiger partial charge in [-0.05, 0) is 66.5 Å². The van der Waals surface area contributed by atoms with E-state index >= 15 is 0 Å². The lowest BCUT2D eigenvalue weighted by Crippen LogP contribution is -2.16. The zero-order chi connectivity index (χ0) is 19.0. The lowest BCUT2D eigenvalue weighted by molar-refractivity contribution is 0.586. The van der Waals surface area contributed by atoms with Crippen molar-refractivity contribution in [1.82, 2.24) is 14.2 Å². The van der Waals surface area contributed by atoms with Crippen LogP contribution < -0.4 is 0 Å². The van der Waals surface area contributed by atoms with E-state index in [1.165, 1.54) is 3.97 Å². The Morgan fingerprint density at radius 3 is 2.56 bits per heavy atom. The molecular formula is C20H22IN3O2S. The first-order chi connectivity index (χ1) is 13.0. The minimum Gasteiger partial charge on any atom is -0.218 e. The molecule has 0 radical (unpaired) electrons. The molecule has 0 atom stereocenters. The predicted octanol–water partition coefficient (Wildman–Crippen LogP) is 4.88. The summed E-state index contributed by atoms with van der Waals surface area (Å²) in [4.78, 5) is 0.286. The number of hydrogen-bond donors (Lipinski definition) is 0. The largest absolute Gasteiger partial charge is 0.269 e. The Kier molecular flexibility index (Phi) is 5.24. The zero-order valence-corrected chi connectivity index (χ0v) is 18.2. The van der Waals surface area contributed by atoms with Gasteiger partial charge in [-0.3, -0.25) is 0 Å². The summed E-state index contributed by atoms with van der Waals surface area (Å²) in [6.07, 6.45) is 6.31. The Labute approximate surface area is 173 Å². The predicted molar refractivity (Wildman–Crippen MR) is 114 cm³/mol. The standard InChI is InChI=1S/C20H22IN3O2S/c1-2-3-5-8-15-13-17-18(21)19(14-11-12-14)24(20(17)23-22-15)27(25,26)16-9-6-4-7-10-16/h4,6-7,9-10,13-14H,2-3,5,8,11-12H2,1H3. The highest BCUT2D eigenvalue weighted by atomic mass is 127. The van der Waals surface area contributed by atoms with Crippen molar-refractivity contribution in [2.24, 2.45) is 0 Å². The summed E-state index contributed by atoms with van der Waals surface area (Å²) in [5, 5.41) is 9.62. The summed E-state index contributed by atoms with van der Waals surface area (Å²) in [5.74, 6) is 0.285. The van der Waals surface area contributed by atoms with Gasteiger partial charge in [0.25, 0.3) is 10.0 Å². The Morgan fingerprint density at radius 1 is 1.15 bits per heavy atom. The van der Waals surface area contributed by atoms with Crippen LogP contribution >= 0.6 is 22.6 Å². The maximum absolute atomic E-state index is 13.4. The number of unbranched alkanes of at least 4 members (excludes halogenated alkanes) is 2. The highest BCUT2D eigenvalue weighted by Crippen LogP contribution is 2.46. The molecule has 5 nitrogen and oxygen atoms in total. The van der Waals surface area contributed by atoms with Crippen LogP contribution in [0.2, 0.25) is 0 Å². The van der Waals surface area contributed by atoms with Gasteiger partial charge in [0, 0.05) is 14.9 Å². The number of aromatic nitrogens is 3. The molecule has 4 rings (SSSR count). The van der Waals surface area contributed by atoms with E-state index in [0.717, 1.165) is 58.9 Å².